The quantitative estimate of drug-likeness (QED) is 0.431. The summed E-state index contributed by atoms with van der Waals surface area (Å²) in [5.74, 6) is 2.99. The zero-order valence-electron chi connectivity index (χ0n) is 17.6. The van der Waals surface area contributed by atoms with Gasteiger partial charge in [0.15, 0.2) is 16.3 Å². The van der Waals surface area contributed by atoms with Crippen LogP contribution in [0.15, 0.2) is 71.3 Å². The molecular formula is C24H21N3O4S. The molecule has 0 saturated carbocycles. The highest BCUT2D eigenvalue weighted by molar-refractivity contribution is 7.07. The van der Waals surface area contributed by atoms with Crippen LogP contribution in [-0.2, 0) is 6.54 Å². The highest BCUT2D eigenvalue weighted by Gasteiger charge is 2.17. The Labute approximate surface area is 189 Å². The summed E-state index contributed by atoms with van der Waals surface area (Å²) in [4.78, 5) is 9.88. The molecule has 5 rings (SSSR count). The highest BCUT2D eigenvalue weighted by Crippen LogP contribution is 2.35. The van der Waals surface area contributed by atoms with Gasteiger partial charge in [-0.15, -0.1) is 11.3 Å². The summed E-state index contributed by atoms with van der Waals surface area (Å²) in [7, 11) is 3.30. The first-order chi connectivity index (χ1) is 15.7. The first kappa shape index (κ1) is 20.1. The maximum Gasteiger partial charge on any atom is 0.231 e. The number of fused-ring (bicyclic) bond motifs is 1. The molecule has 2 aromatic carbocycles. The van der Waals surface area contributed by atoms with Crippen molar-refractivity contribution >= 4 is 17.0 Å². The minimum Gasteiger partial charge on any atom is -0.497 e. The molecule has 7 nitrogen and oxygen atoms in total. The van der Waals surface area contributed by atoms with E-state index < -0.39 is 0 Å². The van der Waals surface area contributed by atoms with Gasteiger partial charge in [-0.1, -0.05) is 6.07 Å². The lowest BCUT2D eigenvalue weighted by atomic mass is 10.1. The molecule has 162 valence electrons. The van der Waals surface area contributed by atoms with Crippen molar-refractivity contribution in [1.82, 2.24) is 9.55 Å². The second-order valence-electron chi connectivity index (χ2n) is 7.07. The number of hydrogen-bond donors (Lipinski definition) is 0. The zero-order chi connectivity index (χ0) is 21.9. The normalized spacial score (nSPS) is 12.8. The van der Waals surface area contributed by atoms with Crippen molar-refractivity contribution in [2.24, 2.45) is 4.99 Å². The van der Waals surface area contributed by atoms with Gasteiger partial charge in [0.05, 0.1) is 38.3 Å². The monoisotopic (exact) mass is 447 g/mol. The van der Waals surface area contributed by atoms with E-state index in [1.54, 1.807) is 38.0 Å². The lowest BCUT2D eigenvalue weighted by Gasteiger charge is -2.14. The van der Waals surface area contributed by atoms with Crippen molar-refractivity contribution in [2.75, 3.05) is 21.0 Å². The summed E-state index contributed by atoms with van der Waals surface area (Å²) in [6, 6.07) is 15.6. The predicted molar refractivity (Wildman–Crippen MR) is 122 cm³/mol. The molecule has 0 amide bonds. The van der Waals surface area contributed by atoms with E-state index in [0.717, 1.165) is 50.3 Å². The Kier molecular flexibility index (Phi) is 5.51. The number of aromatic nitrogens is 2. The van der Waals surface area contributed by atoms with Crippen LogP contribution in [0.1, 0.15) is 5.56 Å². The molecule has 8 heteroatoms. The summed E-state index contributed by atoms with van der Waals surface area (Å²) in [5, 5.41) is 2.09. The van der Waals surface area contributed by atoms with Crippen LogP contribution in [0.2, 0.25) is 0 Å². The van der Waals surface area contributed by atoms with Crippen LogP contribution in [0.5, 0.6) is 23.0 Å². The van der Waals surface area contributed by atoms with Crippen molar-refractivity contribution < 1.29 is 18.9 Å². The van der Waals surface area contributed by atoms with E-state index in [0.29, 0.717) is 6.54 Å². The zero-order valence-corrected chi connectivity index (χ0v) is 18.5. The molecule has 3 heterocycles. The van der Waals surface area contributed by atoms with Gasteiger partial charge in [0.1, 0.15) is 11.5 Å². The summed E-state index contributed by atoms with van der Waals surface area (Å²) >= 11 is 1.57. The number of benzene rings is 2. The first-order valence-electron chi connectivity index (χ1n) is 9.99. The fourth-order valence-corrected chi connectivity index (χ4v) is 4.47. The van der Waals surface area contributed by atoms with E-state index >= 15 is 0 Å². The fourth-order valence-electron chi connectivity index (χ4n) is 3.55. The van der Waals surface area contributed by atoms with Gasteiger partial charge in [-0.05, 0) is 42.0 Å². The first-order valence-corrected chi connectivity index (χ1v) is 10.9. The fraction of sp³-hybridized carbons (Fsp3) is 0.167. The van der Waals surface area contributed by atoms with Crippen LogP contribution < -0.4 is 23.7 Å². The van der Waals surface area contributed by atoms with Gasteiger partial charge < -0.3 is 23.5 Å². The number of rotatable bonds is 6. The average molecular weight is 448 g/mol. The molecule has 0 bridgehead atoms. The predicted octanol–water partition coefficient (Wildman–Crippen LogP) is 4.64. The molecule has 0 aliphatic carbocycles. The second kappa shape index (κ2) is 8.76. The molecule has 0 unspecified atom stereocenters. The Balaban J connectivity index is 1.64. The van der Waals surface area contributed by atoms with E-state index in [-0.39, 0.29) is 6.79 Å². The molecule has 1 aliphatic rings. The maximum absolute atomic E-state index is 5.67. The molecule has 0 atom stereocenters. The topological polar surface area (TPSA) is 67.1 Å². The SMILES string of the molecule is COc1ccc(-c2csc(=Nc3cccnc3)n2Cc2ccc3c(c2)OCO3)c(OC)c1. The van der Waals surface area contributed by atoms with E-state index in [4.69, 9.17) is 23.9 Å². The van der Waals surface area contributed by atoms with Crippen LogP contribution in [0, 0.1) is 0 Å². The Hall–Kier alpha value is -3.78. The van der Waals surface area contributed by atoms with E-state index in [1.807, 2.05) is 48.5 Å². The van der Waals surface area contributed by atoms with Gasteiger partial charge in [0.25, 0.3) is 0 Å². The standard InChI is InChI=1S/C24H21N3O4S/c1-28-18-6-7-19(22(11-18)29-2)20-14-32-24(26-17-4-3-9-25-12-17)27(20)13-16-5-8-21-23(10-16)31-15-30-21/h3-12,14H,13,15H2,1-2H3. The van der Waals surface area contributed by atoms with Gasteiger partial charge >= 0.3 is 0 Å². The number of ether oxygens (including phenoxy) is 4. The van der Waals surface area contributed by atoms with Crippen molar-refractivity contribution in [1.29, 1.82) is 0 Å². The van der Waals surface area contributed by atoms with E-state index in [2.05, 4.69) is 14.9 Å². The van der Waals surface area contributed by atoms with Gasteiger partial charge in [-0.3, -0.25) is 4.98 Å². The molecular weight excluding hydrogens is 426 g/mol. The number of nitrogens with zero attached hydrogens (tertiary/aromatic N) is 3. The third kappa shape index (κ3) is 3.92. The van der Waals surface area contributed by atoms with Crippen LogP contribution >= 0.6 is 11.3 Å². The smallest absolute Gasteiger partial charge is 0.231 e. The summed E-state index contributed by atoms with van der Waals surface area (Å²) in [6.07, 6.45) is 3.49. The molecule has 1 aliphatic heterocycles. The van der Waals surface area contributed by atoms with Gasteiger partial charge in [0.2, 0.25) is 6.79 Å². The molecule has 0 spiro atoms. The highest BCUT2D eigenvalue weighted by atomic mass is 32.1. The van der Waals surface area contributed by atoms with Gasteiger partial charge in [-0.2, -0.15) is 0 Å². The van der Waals surface area contributed by atoms with Crippen LogP contribution in [0.4, 0.5) is 5.69 Å². The summed E-state index contributed by atoms with van der Waals surface area (Å²) < 4.78 is 24.2. The average Bonchev–Trinajstić information content (AvgIpc) is 3.46. The van der Waals surface area contributed by atoms with Crippen molar-refractivity contribution in [2.45, 2.75) is 6.54 Å². The number of methoxy groups -OCH3 is 2. The minimum atomic E-state index is 0.250. The Morgan fingerprint density at radius 2 is 1.97 bits per heavy atom. The van der Waals surface area contributed by atoms with E-state index in [1.165, 1.54) is 0 Å². The minimum absolute atomic E-state index is 0.250. The molecule has 0 fully saturated rings. The Bertz CT molecular complexity index is 1310. The third-order valence-electron chi connectivity index (χ3n) is 5.13. The van der Waals surface area contributed by atoms with Crippen LogP contribution in [0.3, 0.4) is 0 Å². The van der Waals surface area contributed by atoms with Gasteiger partial charge in [-0.25, -0.2) is 4.99 Å². The molecule has 0 radical (unpaired) electrons. The third-order valence-corrected chi connectivity index (χ3v) is 5.99. The van der Waals surface area contributed by atoms with Crippen molar-refractivity contribution in [3.8, 4) is 34.3 Å². The Morgan fingerprint density at radius 3 is 2.78 bits per heavy atom. The number of hydrogen-bond acceptors (Lipinski definition) is 7. The molecule has 32 heavy (non-hydrogen) atoms. The summed E-state index contributed by atoms with van der Waals surface area (Å²) in [6.45, 7) is 0.851. The van der Waals surface area contributed by atoms with E-state index in [9.17, 15) is 0 Å². The molecule has 0 N–H and O–H groups in total. The molecule has 2 aromatic heterocycles. The lowest BCUT2D eigenvalue weighted by Crippen LogP contribution is -2.17. The largest absolute Gasteiger partial charge is 0.497 e. The molecule has 0 saturated heterocycles. The number of pyridine rings is 1. The van der Waals surface area contributed by atoms with Crippen LogP contribution in [-0.4, -0.2) is 30.6 Å². The molecule has 4 aromatic rings. The lowest BCUT2D eigenvalue weighted by molar-refractivity contribution is 0.174. The van der Waals surface area contributed by atoms with Crippen molar-refractivity contribution in [3.05, 3.63) is 76.7 Å². The number of thiazole rings is 1. The Morgan fingerprint density at radius 1 is 1.06 bits per heavy atom. The van der Waals surface area contributed by atoms with Crippen molar-refractivity contribution in [3.63, 3.8) is 0 Å². The summed E-state index contributed by atoms with van der Waals surface area (Å²) in [5.41, 5.74) is 3.82. The second-order valence-corrected chi connectivity index (χ2v) is 7.90. The maximum atomic E-state index is 5.67. The van der Waals surface area contributed by atoms with Gasteiger partial charge in [0, 0.05) is 23.2 Å². The van der Waals surface area contributed by atoms with Crippen LogP contribution in [0.25, 0.3) is 11.3 Å².